The van der Waals surface area contributed by atoms with Crippen molar-refractivity contribution in [3.63, 3.8) is 0 Å². The third kappa shape index (κ3) is 3.87. The van der Waals surface area contributed by atoms with Crippen LogP contribution in [-0.4, -0.2) is 45.0 Å². The highest BCUT2D eigenvalue weighted by Crippen LogP contribution is 2.34. The van der Waals surface area contributed by atoms with Gasteiger partial charge in [-0.3, -0.25) is 0 Å². The summed E-state index contributed by atoms with van der Waals surface area (Å²) in [7, 11) is 0. The largest absolute Gasteiger partial charge is 0.488 e. The average Bonchev–Trinajstić information content (AvgIpc) is 2.89. The molecule has 1 aromatic heterocycles. The maximum atomic E-state index is 13.9. The van der Waals surface area contributed by atoms with Gasteiger partial charge in [0.25, 0.3) is 0 Å². The predicted octanol–water partition coefficient (Wildman–Crippen LogP) is 1.49. The number of hydrogen-bond acceptors (Lipinski definition) is 5. The highest BCUT2D eigenvalue weighted by Gasteiger charge is 2.28. The molecule has 7 nitrogen and oxygen atoms in total. The number of aliphatic hydroxyl groups is 1. The van der Waals surface area contributed by atoms with Crippen LogP contribution < -0.4 is 10.5 Å². The van der Waals surface area contributed by atoms with Gasteiger partial charge in [0.05, 0.1) is 6.04 Å². The van der Waals surface area contributed by atoms with Crippen LogP contribution in [0, 0.1) is 16.4 Å². The molecular weight excluding hydrogens is 380 g/mol. The number of aliphatic hydroxyl groups excluding tert-OH is 1. The zero-order valence-corrected chi connectivity index (χ0v) is 15.1. The second-order valence-electron chi connectivity index (χ2n) is 6.37. The Kier molecular flexibility index (Phi) is 5.59. The summed E-state index contributed by atoms with van der Waals surface area (Å²) in [6.07, 6.45) is -1.08. The first-order chi connectivity index (χ1) is 12.8. The van der Waals surface area contributed by atoms with Crippen molar-refractivity contribution in [2.45, 2.75) is 31.4 Å². The number of nitrogens with one attached hydrogen (secondary N) is 1. The van der Waals surface area contributed by atoms with E-state index in [1.165, 1.54) is 6.07 Å². The Hall–Kier alpha value is -2.30. The van der Waals surface area contributed by atoms with Crippen LogP contribution in [0.4, 0.5) is 8.78 Å². The van der Waals surface area contributed by atoms with Gasteiger partial charge in [0.2, 0.25) is 0 Å². The lowest BCUT2D eigenvalue weighted by atomic mass is 10.0. The third-order valence-electron chi connectivity index (χ3n) is 4.51. The first-order valence-corrected chi connectivity index (χ1v) is 8.76. The Balaban J connectivity index is 1.98. The molecule has 1 unspecified atom stereocenters. The molecule has 0 radical (unpaired) electrons. The summed E-state index contributed by atoms with van der Waals surface area (Å²) >= 11 is 5.36. The zero-order valence-electron chi connectivity index (χ0n) is 14.2. The van der Waals surface area contributed by atoms with E-state index in [-0.39, 0.29) is 37.8 Å². The second kappa shape index (κ2) is 7.75. The molecule has 1 aliphatic heterocycles. The molecule has 0 bridgehead atoms. The van der Waals surface area contributed by atoms with Crippen LogP contribution in [-0.2, 0) is 24.1 Å². The molecule has 3 rings (SSSR count). The van der Waals surface area contributed by atoms with Crippen molar-refractivity contribution in [3.8, 4) is 5.75 Å². The number of carboxylic acid groups (broad SMARTS) is 1. The summed E-state index contributed by atoms with van der Waals surface area (Å²) in [5, 5.41) is 18.6. The van der Waals surface area contributed by atoms with E-state index in [1.807, 2.05) is 0 Å². The SMILES string of the molecule is NCCc1c(C[C@@H](O)C(=O)O)[nH]c(=S)n1C1COc2c(F)cc(F)cc2C1. The zero-order chi connectivity index (χ0) is 19.7. The average molecular weight is 399 g/mol. The van der Waals surface area contributed by atoms with Gasteiger partial charge in [-0.1, -0.05) is 0 Å². The van der Waals surface area contributed by atoms with E-state index >= 15 is 0 Å². The summed E-state index contributed by atoms with van der Waals surface area (Å²) in [4.78, 5) is 13.9. The number of ether oxygens (including phenoxy) is 1. The fourth-order valence-electron chi connectivity index (χ4n) is 3.36. The van der Waals surface area contributed by atoms with Gasteiger partial charge >= 0.3 is 5.97 Å². The molecule has 146 valence electrons. The number of nitrogens with zero attached hydrogens (tertiary/aromatic N) is 1. The Labute approximate surface area is 158 Å². The van der Waals surface area contributed by atoms with Gasteiger partial charge in [-0.25, -0.2) is 13.6 Å². The van der Waals surface area contributed by atoms with Crippen molar-refractivity contribution in [1.29, 1.82) is 0 Å². The maximum Gasteiger partial charge on any atom is 0.332 e. The number of benzene rings is 1. The molecule has 0 amide bonds. The van der Waals surface area contributed by atoms with E-state index in [1.54, 1.807) is 4.57 Å². The van der Waals surface area contributed by atoms with Gasteiger partial charge in [0.1, 0.15) is 12.4 Å². The number of aromatic amines is 1. The van der Waals surface area contributed by atoms with Gasteiger partial charge < -0.3 is 30.2 Å². The van der Waals surface area contributed by atoms with Crippen LogP contribution in [0.25, 0.3) is 0 Å². The number of nitrogens with two attached hydrogens (primary N) is 1. The van der Waals surface area contributed by atoms with Crippen molar-refractivity contribution in [2.24, 2.45) is 5.73 Å². The molecule has 1 aliphatic rings. The first-order valence-electron chi connectivity index (χ1n) is 8.35. The van der Waals surface area contributed by atoms with Crippen LogP contribution in [0.1, 0.15) is 23.0 Å². The number of carbonyl (C=O) groups is 1. The molecule has 2 atom stereocenters. The smallest absolute Gasteiger partial charge is 0.332 e. The summed E-state index contributed by atoms with van der Waals surface area (Å²) < 4.78 is 35.0. The number of H-pyrrole nitrogens is 1. The van der Waals surface area contributed by atoms with E-state index in [0.717, 1.165) is 6.07 Å². The molecule has 5 N–H and O–H groups in total. The van der Waals surface area contributed by atoms with E-state index in [4.69, 9.17) is 27.8 Å². The number of rotatable bonds is 6. The lowest BCUT2D eigenvalue weighted by Gasteiger charge is -2.28. The van der Waals surface area contributed by atoms with E-state index in [9.17, 15) is 18.7 Å². The molecule has 0 saturated heterocycles. The molecule has 0 spiro atoms. The molecule has 10 heteroatoms. The molecular formula is C17H19F2N3O4S. The fraction of sp³-hybridized carbons (Fsp3) is 0.412. The lowest BCUT2D eigenvalue weighted by Crippen LogP contribution is -2.28. The predicted molar refractivity (Wildman–Crippen MR) is 94.3 cm³/mol. The molecule has 0 fully saturated rings. The summed E-state index contributed by atoms with van der Waals surface area (Å²) in [5.74, 6) is -2.77. The molecule has 27 heavy (non-hydrogen) atoms. The Morgan fingerprint density at radius 2 is 2.22 bits per heavy atom. The minimum absolute atomic E-state index is 0.0246. The standard InChI is InChI=1S/C17H19F2N3O4S/c18-9-3-8-4-10(7-26-15(8)11(19)5-9)22-13(1-2-20)12(21-17(22)27)6-14(23)16(24)25/h3,5,10,14,23H,1-2,4,6-7,20H2,(H,21,27)(H,24,25)/t10?,14-/m1/s1. The first kappa shape index (κ1) is 19.5. The van der Waals surface area contributed by atoms with Crippen molar-refractivity contribution in [2.75, 3.05) is 13.2 Å². The number of halogens is 2. The summed E-state index contributed by atoms with van der Waals surface area (Å²) in [5.41, 5.74) is 7.18. The summed E-state index contributed by atoms with van der Waals surface area (Å²) in [6.45, 7) is 0.385. The second-order valence-corrected chi connectivity index (χ2v) is 6.75. The third-order valence-corrected chi connectivity index (χ3v) is 4.80. The number of aromatic nitrogens is 2. The van der Waals surface area contributed by atoms with Crippen LogP contribution in [0.3, 0.4) is 0 Å². The molecule has 0 aliphatic carbocycles. The Bertz CT molecular complexity index is 928. The Morgan fingerprint density at radius 3 is 2.89 bits per heavy atom. The minimum atomic E-state index is -1.59. The maximum absolute atomic E-state index is 13.9. The lowest BCUT2D eigenvalue weighted by molar-refractivity contribution is -0.146. The highest BCUT2D eigenvalue weighted by molar-refractivity contribution is 7.71. The van der Waals surface area contributed by atoms with E-state index in [2.05, 4.69) is 4.98 Å². The molecule has 1 aromatic carbocycles. The van der Waals surface area contributed by atoms with Crippen LogP contribution in [0.5, 0.6) is 5.75 Å². The molecule has 2 aromatic rings. The summed E-state index contributed by atoms with van der Waals surface area (Å²) in [6, 6.07) is 1.64. The van der Waals surface area contributed by atoms with Crippen LogP contribution in [0.15, 0.2) is 12.1 Å². The number of imidazole rings is 1. The van der Waals surface area contributed by atoms with Crippen molar-refractivity contribution >= 4 is 18.2 Å². The van der Waals surface area contributed by atoms with Gasteiger partial charge in [-0.15, -0.1) is 0 Å². The number of carboxylic acids is 1. The van der Waals surface area contributed by atoms with E-state index < -0.39 is 23.7 Å². The quantitative estimate of drug-likeness (QED) is 0.548. The normalized spacial score (nSPS) is 17.3. The van der Waals surface area contributed by atoms with Gasteiger partial charge in [0.15, 0.2) is 22.4 Å². The number of hydrogen-bond donors (Lipinski definition) is 4. The van der Waals surface area contributed by atoms with Gasteiger partial charge in [0, 0.05) is 42.3 Å². The molecule has 0 saturated carbocycles. The van der Waals surface area contributed by atoms with Gasteiger partial charge in [-0.05, 0) is 24.8 Å². The fourth-order valence-corrected chi connectivity index (χ4v) is 3.74. The number of aliphatic carboxylic acids is 1. The monoisotopic (exact) mass is 399 g/mol. The topological polar surface area (TPSA) is 114 Å². The Morgan fingerprint density at radius 1 is 1.48 bits per heavy atom. The van der Waals surface area contributed by atoms with E-state index in [0.29, 0.717) is 28.1 Å². The van der Waals surface area contributed by atoms with Crippen LogP contribution >= 0.6 is 12.2 Å². The van der Waals surface area contributed by atoms with Crippen molar-refractivity contribution in [3.05, 3.63) is 45.5 Å². The van der Waals surface area contributed by atoms with Crippen molar-refractivity contribution in [1.82, 2.24) is 9.55 Å². The highest BCUT2D eigenvalue weighted by atomic mass is 32.1. The van der Waals surface area contributed by atoms with Gasteiger partial charge in [-0.2, -0.15) is 0 Å². The van der Waals surface area contributed by atoms with Crippen molar-refractivity contribution < 1.29 is 28.5 Å². The van der Waals surface area contributed by atoms with Crippen LogP contribution in [0.2, 0.25) is 0 Å². The molecule has 2 heterocycles. The number of fused-ring (bicyclic) bond motifs is 1. The minimum Gasteiger partial charge on any atom is -0.488 e.